The van der Waals surface area contributed by atoms with Gasteiger partial charge in [-0.3, -0.25) is 4.79 Å². The van der Waals surface area contributed by atoms with Crippen molar-refractivity contribution >= 4 is 17.9 Å². The van der Waals surface area contributed by atoms with Crippen LogP contribution in [0.2, 0.25) is 0 Å². The fraction of sp³-hybridized carbons (Fsp3) is 0.476. The molecule has 8 nitrogen and oxygen atoms in total. The molecule has 1 N–H and O–H groups in total. The average molecular weight is 401 g/mol. The summed E-state index contributed by atoms with van der Waals surface area (Å²) in [6, 6.07) is 7.17. The third-order valence-electron chi connectivity index (χ3n) is 5.26. The lowest BCUT2D eigenvalue weighted by atomic mass is 9.94. The Hall–Kier alpha value is -3.03. The molecule has 3 rings (SSSR count). The Labute approximate surface area is 170 Å². The van der Waals surface area contributed by atoms with Crippen LogP contribution in [0.15, 0.2) is 36.4 Å². The zero-order valence-corrected chi connectivity index (χ0v) is 16.9. The molecule has 3 amide bonds. The Kier molecular flexibility index (Phi) is 6.10. The van der Waals surface area contributed by atoms with Crippen molar-refractivity contribution < 1.29 is 23.9 Å². The second-order valence-corrected chi connectivity index (χ2v) is 7.36. The molecule has 29 heavy (non-hydrogen) atoms. The van der Waals surface area contributed by atoms with Crippen LogP contribution >= 0.6 is 0 Å². The molecule has 1 aromatic carbocycles. The van der Waals surface area contributed by atoms with Crippen LogP contribution in [0.4, 0.5) is 4.79 Å². The highest BCUT2D eigenvalue weighted by Crippen LogP contribution is 2.50. The lowest BCUT2D eigenvalue weighted by molar-refractivity contribution is -0.143. The number of benzene rings is 1. The van der Waals surface area contributed by atoms with E-state index >= 15 is 0 Å². The highest BCUT2D eigenvalue weighted by atomic mass is 16.5. The molecule has 0 spiro atoms. The smallest absolute Gasteiger partial charge is 0.336 e. The lowest BCUT2D eigenvalue weighted by Crippen LogP contribution is -2.52. The molecule has 1 aliphatic heterocycles. The fourth-order valence-corrected chi connectivity index (χ4v) is 3.46. The molecule has 1 saturated heterocycles. The van der Waals surface area contributed by atoms with E-state index in [-0.39, 0.29) is 25.1 Å². The van der Waals surface area contributed by atoms with Crippen LogP contribution in [-0.2, 0) is 19.7 Å². The number of hydrogen-bond acceptors (Lipinski definition) is 5. The molecule has 156 valence electrons. The maximum atomic E-state index is 13.3. The molecule has 2 aliphatic rings. The summed E-state index contributed by atoms with van der Waals surface area (Å²) < 4.78 is 10.2. The predicted molar refractivity (Wildman–Crippen MR) is 106 cm³/mol. The van der Waals surface area contributed by atoms with E-state index in [9.17, 15) is 14.4 Å². The minimum Gasteiger partial charge on any atom is -0.497 e. The predicted octanol–water partition coefficient (Wildman–Crippen LogP) is 2.01. The number of nitrogens with one attached hydrogen (secondary N) is 1. The summed E-state index contributed by atoms with van der Waals surface area (Å²) in [5, 5.41) is 5.70. The summed E-state index contributed by atoms with van der Waals surface area (Å²) in [5.41, 5.74) is 0.690. The Bertz CT molecular complexity index is 801. The van der Waals surface area contributed by atoms with Gasteiger partial charge < -0.3 is 14.8 Å². The number of amides is 3. The van der Waals surface area contributed by atoms with Crippen molar-refractivity contribution in [1.82, 2.24) is 15.3 Å². The summed E-state index contributed by atoms with van der Waals surface area (Å²) in [7, 11) is 1.60. The van der Waals surface area contributed by atoms with Crippen LogP contribution in [0.3, 0.4) is 0 Å². The third kappa shape index (κ3) is 4.36. The van der Waals surface area contributed by atoms with Gasteiger partial charge in [0.15, 0.2) is 0 Å². The third-order valence-corrected chi connectivity index (χ3v) is 5.26. The highest BCUT2D eigenvalue weighted by Gasteiger charge is 2.55. The first kappa shape index (κ1) is 20.7. The molecule has 2 fully saturated rings. The monoisotopic (exact) mass is 401 g/mol. The van der Waals surface area contributed by atoms with Gasteiger partial charge in [-0.15, -0.1) is 0 Å². The quantitative estimate of drug-likeness (QED) is 0.429. The standard InChI is InChI=1S/C21H27N3O5/c1-15(2)18(25)29-14-11-22-20(27)24-13-4-12-23(24)19(26)21(9-10-21)16-5-7-17(28-3)8-6-16/h5-8H,1,4,9-14H2,2-3H3,(H,22,27). The maximum Gasteiger partial charge on any atom is 0.336 e. The van der Waals surface area contributed by atoms with Crippen molar-refractivity contribution in [2.24, 2.45) is 0 Å². The van der Waals surface area contributed by atoms with Gasteiger partial charge in [0.1, 0.15) is 12.4 Å². The first-order valence-electron chi connectivity index (χ1n) is 9.73. The molecule has 0 radical (unpaired) electrons. The van der Waals surface area contributed by atoms with Gasteiger partial charge in [0, 0.05) is 18.7 Å². The van der Waals surface area contributed by atoms with Gasteiger partial charge in [-0.25, -0.2) is 19.6 Å². The summed E-state index contributed by atoms with van der Waals surface area (Å²) in [5.74, 6) is 0.197. The van der Waals surface area contributed by atoms with Crippen molar-refractivity contribution in [2.75, 3.05) is 33.4 Å². The number of nitrogens with zero attached hydrogens (tertiary/aromatic N) is 2. The zero-order valence-electron chi connectivity index (χ0n) is 16.9. The zero-order chi connectivity index (χ0) is 21.0. The van der Waals surface area contributed by atoms with Gasteiger partial charge in [-0.2, -0.15) is 0 Å². The molecular weight excluding hydrogens is 374 g/mol. The van der Waals surface area contributed by atoms with Gasteiger partial charge >= 0.3 is 12.0 Å². The lowest BCUT2D eigenvalue weighted by Gasteiger charge is -2.31. The van der Waals surface area contributed by atoms with Crippen LogP contribution < -0.4 is 10.1 Å². The normalized spacial score (nSPS) is 16.9. The SMILES string of the molecule is C=C(C)C(=O)OCCNC(=O)N1CCCN1C(=O)C1(c2ccc(OC)cc2)CC1. The summed E-state index contributed by atoms with van der Waals surface area (Å²) in [6.07, 6.45) is 2.25. The van der Waals surface area contributed by atoms with Crippen LogP contribution in [0.25, 0.3) is 0 Å². The number of urea groups is 1. The number of carbonyl (C=O) groups excluding carboxylic acids is 3. The molecule has 0 aromatic heterocycles. The van der Waals surface area contributed by atoms with Crippen molar-refractivity contribution in [3.05, 3.63) is 42.0 Å². The molecule has 1 heterocycles. The Morgan fingerprint density at radius 3 is 2.38 bits per heavy atom. The van der Waals surface area contributed by atoms with Crippen molar-refractivity contribution in [3.8, 4) is 5.75 Å². The maximum absolute atomic E-state index is 13.3. The van der Waals surface area contributed by atoms with Gasteiger partial charge in [-0.05, 0) is 43.9 Å². The van der Waals surface area contributed by atoms with E-state index in [2.05, 4.69) is 11.9 Å². The second kappa shape index (κ2) is 8.55. The molecule has 1 aliphatic carbocycles. The van der Waals surface area contributed by atoms with E-state index < -0.39 is 11.4 Å². The van der Waals surface area contributed by atoms with Crippen molar-refractivity contribution in [2.45, 2.75) is 31.6 Å². The van der Waals surface area contributed by atoms with Gasteiger partial charge in [0.05, 0.1) is 19.1 Å². The van der Waals surface area contributed by atoms with E-state index in [1.54, 1.807) is 19.0 Å². The largest absolute Gasteiger partial charge is 0.497 e. The Balaban J connectivity index is 1.59. The minimum absolute atomic E-state index is 0.0506. The molecule has 1 aromatic rings. The Morgan fingerprint density at radius 2 is 1.79 bits per heavy atom. The Morgan fingerprint density at radius 1 is 1.14 bits per heavy atom. The van der Waals surface area contributed by atoms with Gasteiger partial charge in [0.2, 0.25) is 0 Å². The number of hydrazine groups is 1. The second-order valence-electron chi connectivity index (χ2n) is 7.36. The molecule has 0 unspecified atom stereocenters. The number of hydrogen-bond donors (Lipinski definition) is 1. The van der Waals surface area contributed by atoms with E-state index in [0.717, 1.165) is 30.6 Å². The van der Waals surface area contributed by atoms with Crippen LogP contribution in [0, 0.1) is 0 Å². The van der Waals surface area contributed by atoms with Gasteiger partial charge in [-0.1, -0.05) is 18.7 Å². The summed E-state index contributed by atoms with van der Waals surface area (Å²) >= 11 is 0. The van der Waals surface area contributed by atoms with Crippen LogP contribution in [0.5, 0.6) is 5.75 Å². The number of esters is 1. The topological polar surface area (TPSA) is 88.2 Å². The first-order valence-corrected chi connectivity index (χ1v) is 9.73. The van der Waals surface area contributed by atoms with Gasteiger partial charge in [0.25, 0.3) is 5.91 Å². The summed E-state index contributed by atoms with van der Waals surface area (Å²) in [6.45, 7) is 6.26. The number of rotatable bonds is 7. The van der Waals surface area contributed by atoms with E-state index in [4.69, 9.17) is 9.47 Å². The summed E-state index contributed by atoms with van der Waals surface area (Å²) in [4.78, 5) is 37.2. The average Bonchev–Trinajstić information content (AvgIpc) is 3.39. The number of ether oxygens (including phenoxy) is 2. The van der Waals surface area contributed by atoms with Crippen molar-refractivity contribution in [1.29, 1.82) is 0 Å². The number of methoxy groups -OCH3 is 1. The molecular formula is C21H27N3O5. The van der Waals surface area contributed by atoms with Crippen LogP contribution in [0.1, 0.15) is 31.7 Å². The fourth-order valence-electron chi connectivity index (χ4n) is 3.46. The molecule has 0 bridgehead atoms. The highest BCUT2D eigenvalue weighted by molar-refractivity contribution is 5.93. The van der Waals surface area contributed by atoms with Crippen LogP contribution in [-0.4, -0.2) is 61.3 Å². The molecule has 1 saturated carbocycles. The molecule has 8 heteroatoms. The van der Waals surface area contributed by atoms with E-state index in [0.29, 0.717) is 18.7 Å². The minimum atomic E-state index is -0.563. The van der Waals surface area contributed by atoms with E-state index in [1.807, 2.05) is 24.3 Å². The first-order chi connectivity index (χ1) is 13.9. The number of carbonyl (C=O) groups is 3. The van der Waals surface area contributed by atoms with E-state index in [1.165, 1.54) is 5.01 Å². The van der Waals surface area contributed by atoms with Crippen molar-refractivity contribution in [3.63, 3.8) is 0 Å². The molecule has 0 atom stereocenters.